The Bertz CT molecular complexity index is 1250. The molecule has 2 aromatic carbocycles. The monoisotopic (exact) mass is 519 g/mol. The fraction of sp³-hybridized carbons (Fsp3) is 0.516. The highest BCUT2D eigenvalue weighted by Gasteiger charge is 2.64. The molecule has 2 bridgehead atoms. The second kappa shape index (κ2) is 9.31. The zero-order valence-corrected chi connectivity index (χ0v) is 22.9. The number of hydrogen-bond acceptors (Lipinski definition) is 7. The quantitative estimate of drug-likeness (QED) is 0.396. The first-order valence-electron chi connectivity index (χ1n) is 13.5. The molecule has 7 heteroatoms. The first-order chi connectivity index (χ1) is 18.2. The summed E-state index contributed by atoms with van der Waals surface area (Å²) in [6.07, 6.45) is 5.77. The molecule has 0 saturated carbocycles. The van der Waals surface area contributed by atoms with Crippen LogP contribution < -0.4 is 14.2 Å². The second-order valence-electron chi connectivity index (χ2n) is 11.9. The maximum absolute atomic E-state index is 12.5. The standard InChI is InChI=1S/C31H37NO6/c1-30(2,3)38-26(33)18-36-25-13-11-22-23-16-20-8-12-24(35-17-19-6-9-21(34-5)10-7-19)28-27(20)31(22,29(25)37-28)14-15-32(23)4/h6-13,22-23,25,29H,14-18H2,1-5H3/t22-,23+,25-,29-,31-/m0/s1. The Hall–Kier alpha value is -3.03. The van der Waals surface area contributed by atoms with Crippen molar-refractivity contribution in [1.82, 2.24) is 4.90 Å². The van der Waals surface area contributed by atoms with Crippen LogP contribution in [0.25, 0.3) is 0 Å². The topological polar surface area (TPSA) is 66.5 Å². The van der Waals surface area contributed by atoms with Crippen LogP contribution >= 0.6 is 0 Å². The number of piperidine rings is 1. The molecule has 2 aromatic rings. The van der Waals surface area contributed by atoms with E-state index < -0.39 is 5.60 Å². The second-order valence-corrected chi connectivity index (χ2v) is 11.9. The number of hydrogen-bond donors (Lipinski definition) is 0. The average Bonchev–Trinajstić information content (AvgIpc) is 3.24. The van der Waals surface area contributed by atoms with Gasteiger partial charge >= 0.3 is 5.97 Å². The summed E-state index contributed by atoms with van der Waals surface area (Å²) in [6, 6.07) is 12.6. The number of carbonyl (C=O) groups is 1. The van der Waals surface area contributed by atoms with Crippen LogP contribution in [0, 0.1) is 5.92 Å². The molecular formula is C31H37NO6. The zero-order valence-electron chi connectivity index (χ0n) is 22.9. The molecule has 202 valence electrons. The van der Waals surface area contributed by atoms with Crippen molar-refractivity contribution in [2.75, 3.05) is 27.3 Å². The van der Waals surface area contributed by atoms with E-state index in [-0.39, 0.29) is 30.2 Å². The van der Waals surface area contributed by atoms with Crippen molar-refractivity contribution in [3.63, 3.8) is 0 Å². The van der Waals surface area contributed by atoms with Crippen molar-refractivity contribution in [2.45, 2.75) is 69.5 Å². The number of methoxy groups -OCH3 is 1. The summed E-state index contributed by atoms with van der Waals surface area (Å²) in [7, 11) is 3.89. The third kappa shape index (κ3) is 4.16. The third-order valence-corrected chi connectivity index (χ3v) is 8.48. The van der Waals surface area contributed by atoms with Crippen LogP contribution in [0.2, 0.25) is 0 Å². The summed E-state index contributed by atoms with van der Waals surface area (Å²) >= 11 is 0. The van der Waals surface area contributed by atoms with Crippen LogP contribution in [0.5, 0.6) is 17.2 Å². The number of likely N-dealkylation sites (N-methyl/N-ethyl adjacent to an activating group) is 1. The van der Waals surface area contributed by atoms with Gasteiger partial charge in [-0.05, 0) is 76.5 Å². The fourth-order valence-corrected chi connectivity index (χ4v) is 6.88. The van der Waals surface area contributed by atoms with E-state index in [4.69, 9.17) is 23.7 Å². The predicted molar refractivity (Wildman–Crippen MR) is 143 cm³/mol. The first kappa shape index (κ1) is 25.3. The molecule has 0 N–H and O–H groups in total. The van der Waals surface area contributed by atoms with Crippen molar-refractivity contribution in [1.29, 1.82) is 0 Å². The van der Waals surface area contributed by atoms with E-state index in [0.29, 0.717) is 18.6 Å². The Kier molecular flexibility index (Phi) is 6.19. The molecular weight excluding hydrogens is 482 g/mol. The molecule has 2 aliphatic heterocycles. The molecule has 5 atom stereocenters. The summed E-state index contributed by atoms with van der Waals surface area (Å²) in [6.45, 7) is 6.90. The van der Waals surface area contributed by atoms with E-state index in [1.165, 1.54) is 11.1 Å². The molecule has 0 amide bonds. The minimum Gasteiger partial charge on any atom is -0.497 e. The normalized spacial score (nSPS) is 28.9. The largest absolute Gasteiger partial charge is 0.497 e. The maximum atomic E-state index is 12.5. The predicted octanol–water partition coefficient (Wildman–Crippen LogP) is 4.45. The van der Waals surface area contributed by atoms with E-state index in [1.54, 1.807) is 7.11 Å². The maximum Gasteiger partial charge on any atom is 0.332 e. The molecule has 1 fully saturated rings. The van der Waals surface area contributed by atoms with Crippen molar-refractivity contribution < 1.29 is 28.5 Å². The third-order valence-electron chi connectivity index (χ3n) is 8.48. The zero-order chi connectivity index (χ0) is 26.7. The van der Waals surface area contributed by atoms with E-state index >= 15 is 0 Å². The van der Waals surface area contributed by atoms with Crippen molar-refractivity contribution in [3.05, 3.63) is 65.2 Å². The highest BCUT2D eigenvalue weighted by Crippen LogP contribution is 2.62. The first-order valence-corrected chi connectivity index (χ1v) is 13.5. The van der Waals surface area contributed by atoms with Gasteiger partial charge in [-0.2, -0.15) is 0 Å². The van der Waals surface area contributed by atoms with Gasteiger partial charge < -0.3 is 28.6 Å². The molecule has 0 aromatic heterocycles. The molecule has 7 nitrogen and oxygen atoms in total. The molecule has 2 aliphatic carbocycles. The molecule has 4 aliphatic rings. The Balaban J connectivity index is 1.31. The minimum atomic E-state index is -0.553. The summed E-state index contributed by atoms with van der Waals surface area (Å²) in [5.41, 5.74) is 2.91. The van der Waals surface area contributed by atoms with Gasteiger partial charge in [0.2, 0.25) is 0 Å². The van der Waals surface area contributed by atoms with Gasteiger partial charge in [0, 0.05) is 22.9 Å². The Morgan fingerprint density at radius 3 is 2.66 bits per heavy atom. The van der Waals surface area contributed by atoms with Gasteiger partial charge in [0.25, 0.3) is 0 Å². The lowest BCUT2D eigenvalue weighted by molar-refractivity contribution is -0.164. The fourth-order valence-electron chi connectivity index (χ4n) is 6.88. The van der Waals surface area contributed by atoms with Crippen molar-refractivity contribution >= 4 is 5.97 Å². The van der Waals surface area contributed by atoms with Crippen LogP contribution in [0.15, 0.2) is 48.6 Å². The van der Waals surface area contributed by atoms with Crippen LogP contribution in [0.4, 0.5) is 0 Å². The van der Waals surface area contributed by atoms with Crippen LogP contribution in [0.1, 0.15) is 43.9 Å². The number of ether oxygens (including phenoxy) is 5. The van der Waals surface area contributed by atoms with Gasteiger partial charge in [-0.15, -0.1) is 0 Å². The Morgan fingerprint density at radius 2 is 1.92 bits per heavy atom. The SMILES string of the molecule is COc1ccc(COc2ccc3c4c2O[C@H]2[C@@H](OCC(=O)OC(C)(C)C)C=C[C@H]5[C@@H](C3)N(C)CC[C@@]452)cc1. The van der Waals surface area contributed by atoms with Crippen molar-refractivity contribution in [3.8, 4) is 17.2 Å². The minimum absolute atomic E-state index is 0.111. The van der Waals surface area contributed by atoms with Crippen LogP contribution in [-0.2, 0) is 32.7 Å². The summed E-state index contributed by atoms with van der Waals surface area (Å²) < 4.78 is 30.2. The summed E-state index contributed by atoms with van der Waals surface area (Å²) in [5.74, 6) is 2.36. The molecule has 6 rings (SSSR count). The van der Waals surface area contributed by atoms with Crippen molar-refractivity contribution in [2.24, 2.45) is 5.92 Å². The van der Waals surface area contributed by atoms with Gasteiger partial charge in [-0.3, -0.25) is 0 Å². The lowest BCUT2D eigenvalue weighted by Crippen LogP contribution is -2.65. The lowest BCUT2D eigenvalue weighted by Gasteiger charge is -2.56. The average molecular weight is 520 g/mol. The number of carbonyl (C=O) groups excluding carboxylic acids is 1. The van der Waals surface area contributed by atoms with Gasteiger partial charge in [-0.25, -0.2) is 4.79 Å². The highest BCUT2D eigenvalue weighted by molar-refractivity contribution is 5.71. The van der Waals surface area contributed by atoms with Crippen LogP contribution in [-0.4, -0.2) is 62.0 Å². The van der Waals surface area contributed by atoms with Gasteiger partial charge in [0.1, 0.15) is 36.8 Å². The van der Waals surface area contributed by atoms with Gasteiger partial charge in [0.05, 0.1) is 7.11 Å². The highest BCUT2D eigenvalue weighted by atomic mass is 16.6. The number of esters is 1. The molecule has 0 unspecified atom stereocenters. The molecule has 0 radical (unpaired) electrons. The smallest absolute Gasteiger partial charge is 0.332 e. The summed E-state index contributed by atoms with van der Waals surface area (Å²) in [5, 5.41) is 0. The Morgan fingerprint density at radius 1 is 1.13 bits per heavy atom. The lowest BCUT2D eigenvalue weighted by atomic mass is 9.53. The van der Waals surface area contributed by atoms with E-state index in [9.17, 15) is 4.79 Å². The molecule has 2 heterocycles. The van der Waals surface area contributed by atoms with Gasteiger partial charge in [0.15, 0.2) is 11.5 Å². The number of nitrogens with zero attached hydrogens (tertiary/aromatic N) is 1. The Labute approximate surface area is 224 Å². The number of likely N-dealkylation sites (tertiary alicyclic amines) is 1. The molecule has 38 heavy (non-hydrogen) atoms. The molecule has 1 spiro atoms. The van der Waals surface area contributed by atoms with Crippen LogP contribution in [0.3, 0.4) is 0 Å². The number of rotatable bonds is 7. The number of benzene rings is 2. The van der Waals surface area contributed by atoms with E-state index in [2.05, 4.69) is 30.2 Å². The van der Waals surface area contributed by atoms with E-state index in [1.807, 2.05) is 51.1 Å². The summed E-state index contributed by atoms with van der Waals surface area (Å²) in [4.78, 5) is 14.9. The van der Waals surface area contributed by atoms with Gasteiger partial charge in [-0.1, -0.05) is 30.4 Å². The van der Waals surface area contributed by atoms with E-state index in [0.717, 1.165) is 42.2 Å². The molecule has 1 saturated heterocycles.